The summed E-state index contributed by atoms with van der Waals surface area (Å²) in [7, 11) is -3.87. The molecule has 1 heterocycles. The Bertz CT molecular complexity index is 1200. The molecule has 0 bridgehead atoms. The molecule has 2 aromatic rings. The molecule has 1 amide bonds. The van der Waals surface area contributed by atoms with Gasteiger partial charge < -0.3 is 20.1 Å². The minimum atomic E-state index is -5.08. The number of benzene rings is 2. The first kappa shape index (κ1) is 32.1. The van der Waals surface area contributed by atoms with Crippen LogP contribution in [0, 0.1) is 0 Å². The molecule has 9 nitrogen and oxygen atoms in total. The Hall–Kier alpha value is -3.16. The van der Waals surface area contributed by atoms with E-state index in [0.29, 0.717) is 44.5 Å². The Balaban J connectivity index is 0.000000673. The van der Waals surface area contributed by atoms with Crippen LogP contribution in [0.2, 0.25) is 0 Å². The van der Waals surface area contributed by atoms with E-state index in [9.17, 15) is 26.4 Å². The molecule has 1 saturated heterocycles. The number of carboxylic acid groups (broad SMARTS) is 1. The molecule has 0 saturated carbocycles. The highest BCUT2D eigenvalue weighted by Gasteiger charge is 2.38. The molecule has 0 aliphatic carbocycles. The minimum Gasteiger partial charge on any atom is -0.494 e. The summed E-state index contributed by atoms with van der Waals surface area (Å²) in [5.41, 5.74) is 1.84. The van der Waals surface area contributed by atoms with Gasteiger partial charge in [0.15, 0.2) is 0 Å². The average molecular weight is 574 g/mol. The number of alkyl halides is 3. The predicted molar refractivity (Wildman–Crippen MR) is 139 cm³/mol. The smallest absolute Gasteiger partial charge is 0.490 e. The lowest BCUT2D eigenvalue weighted by Gasteiger charge is -2.30. The molecule has 1 aliphatic heterocycles. The molecule has 13 heteroatoms. The monoisotopic (exact) mass is 573 g/mol. The van der Waals surface area contributed by atoms with Crippen LogP contribution in [-0.4, -0.2) is 80.1 Å². The van der Waals surface area contributed by atoms with Crippen molar-refractivity contribution in [3.63, 3.8) is 0 Å². The fraction of sp³-hybridized carbons (Fsp3) is 0.462. The molecule has 0 unspecified atom stereocenters. The van der Waals surface area contributed by atoms with E-state index in [-0.39, 0.29) is 23.9 Å². The maximum atomic E-state index is 13.6. The van der Waals surface area contributed by atoms with Gasteiger partial charge in [0.25, 0.3) is 0 Å². The van der Waals surface area contributed by atoms with Gasteiger partial charge in [-0.25, -0.2) is 13.2 Å². The van der Waals surface area contributed by atoms with E-state index in [1.54, 1.807) is 17.0 Å². The van der Waals surface area contributed by atoms with Crippen molar-refractivity contribution >= 4 is 21.9 Å². The Morgan fingerprint density at radius 3 is 2.21 bits per heavy atom. The molecule has 1 aliphatic rings. The highest BCUT2D eigenvalue weighted by molar-refractivity contribution is 7.89. The molecule has 0 aromatic heterocycles. The Morgan fingerprint density at radius 2 is 1.69 bits per heavy atom. The second kappa shape index (κ2) is 14.3. The average Bonchev–Trinajstić information content (AvgIpc) is 2.89. The number of rotatable bonds is 9. The molecular weight excluding hydrogens is 539 g/mol. The van der Waals surface area contributed by atoms with Crippen molar-refractivity contribution in [2.75, 3.05) is 39.3 Å². The van der Waals surface area contributed by atoms with Gasteiger partial charge in [-0.2, -0.15) is 17.5 Å². The van der Waals surface area contributed by atoms with Crippen LogP contribution in [0.1, 0.15) is 37.8 Å². The number of hydrogen-bond acceptors (Lipinski definition) is 6. The number of nitrogens with one attached hydrogen (secondary N) is 1. The van der Waals surface area contributed by atoms with Gasteiger partial charge in [-0.1, -0.05) is 38.1 Å². The SMILES string of the molecule is CCOc1cccc(CN(CC(=O)N2CCNCC2)S(=O)(=O)c2ccc(C(C)C)cc2)c1.O=C(O)C(F)(F)F. The number of carbonyl (C=O) groups excluding carboxylic acids is 1. The fourth-order valence-electron chi connectivity index (χ4n) is 3.67. The standard InChI is InChI=1S/C24H33N3O4S.C2HF3O2/c1-4-31-22-7-5-6-20(16-22)17-27(18-24(28)26-14-12-25-13-15-26)32(29,30)23-10-8-21(9-11-23)19(2)3;3-2(4,5)1(6)7/h5-11,16,19,25H,4,12-15,17-18H2,1-3H3;(H,6,7). The number of halogens is 3. The van der Waals surface area contributed by atoms with Crippen LogP contribution in [0.4, 0.5) is 13.2 Å². The maximum Gasteiger partial charge on any atom is 0.490 e. The first-order chi connectivity index (χ1) is 18.3. The molecule has 0 spiro atoms. The molecule has 216 valence electrons. The van der Waals surface area contributed by atoms with E-state index in [1.807, 2.05) is 43.3 Å². The summed E-state index contributed by atoms with van der Waals surface area (Å²) < 4.78 is 65.7. The lowest BCUT2D eigenvalue weighted by atomic mass is 10.0. The van der Waals surface area contributed by atoms with Crippen LogP contribution in [-0.2, 0) is 26.2 Å². The van der Waals surface area contributed by atoms with Crippen LogP contribution >= 0.6 is 0 Å². The molecular formula is C26H34F3N3O6S. The van der Waals surface area contributed by atoms with Crippen LogP contribution < -0.4 is 10.1 Å². The summed E-state index contributed by atoms with van der Waals surface area (Å²) in [5, 5.41) is 10.3. The quantitative estimate of drug-likeness (QED) is 0.472. The van der Waals surface area contributed by atoms with Crippen LogP contribution in [0.25, 0.3) is 0 Å². The van der Waals surface area contributed by atoms with Crippen molar-refractivity contribution in [1.29, 1.82) is 0 Å². The summed E-state index contributed by atoms with van der Waals surface area (Å²) in [6.07, 6.45) is -5.08. The van der Waals surface area contributed by atoms with E-state index in [2.05, 4.69) is 19.2 Å². The molecule has 0 atom stereocenters. The third-order valence-electron chi connectivity index (χ3n) is 5.78. The number of carbonyl (C=O) groups is 2. The van der Waals surface area contributed by atoms with Crippen LogP contribution in [0.5, 0.6) is 5.75 Å². The number of piperazine rings is 1. The predicted octanol–water partition coefficient (Wildman–Crippen LogP) is 3.46. The van der Waals surface area contributed by atoms with E-state index in [4.69, 9.17) is 14.6 Å². The van der Waals surface area contributed by atoms with Crippen molar-refractivity contribution in [1.82, 2.24) is 14.5 Å². The van der Waals surface area contributed by atoms with Gasteiger partial charge in [0.2, 0.25) is 15.9 Å². The van der Waals surface area contributed by atoms with Gasteiger partial charge in [-0.3, -0.25) is 4.79 Å². The van der Waals surface area contributed by atoms with E-state index < -0.39 is 22.2 Å². The molecule has 2 aromatic carbocycles. The molecule has 3 rings (SSSR count). The van der Waals surface area contributed by atoms with Crippen molar-refractivity contribution in [2.24, 2.45) is 0 Å². The fourth-order valence-corrected chi connectivity index (χ4v) is 5.05. The number of carboxylic acids is 1. The second-order valence-corrected chi connectivity index (χ2v) is 10.9. The van der Waals surface area contributed by atoms with Crippen molar-refractivity contribution < 1.29 is 41.0 Å². The van der Waals surface area contributed by atoms with Gasteiger partial charge >= 0.3 is 12.1 Å². The molecule has 1 fully saturated rings. The summed E-state index contributed by atoms with van der Waals surface area (Å²) in [6.45, 7) is 9.02. The van der Waals surface area contributed by atoms with Crippen LogP contribution in [0.15, 0.2) is 53.4 Å². The summed E-state index contributed by atoms with van der Waals surface area (Å²) in [4.78, 5) is 23.8. The number of ether oxygens (including phenoxy) is 1. The van der Waals surface area contributed by atoms with Gasteiger partial charge in [0, 0.05) is 32.7 Å². The molecule has 0 radical (unpaired) electrons. The zero-order valence-corrected chi connectivity index (χ0v) is 22.9. The van der Waals surface area contributed by atoms with Crippen molar-refractivity contribution in [3.05, 3.63) is 59.7 Å². The molecule has 2 N–H and O–H groups in total. The Morgan fingerprint density at radius 1 is 1.10 bits per heavy atom. The zero-order chi connectivity index (χ0) is 29.2. The van der Waals surface area contributed by atoms with Gasteiger partial charge in [0.05, 0.1) is 18.0 Å². The van der Waals surface area contributed by atoms with Crippen molar-refractivity contribution in [2.45, 2.75) is 44.3 Å². The van der Waals surface area contributed by atoms with Gasteiger partial charge in [-0.15, -0.1) is 0 Å². The minimum absolute atomic E-state index is 0.0903. The third kappa shape index (κ3) is 9.83. The summed E-state index contributed by atoms with van der Waals surface area (Å²) in [6, 6.07) is 14.3. The normalized spacial score (nSPS) is 14.1. The summed E-state index contributed by atoms with van der Waals surface area (Å²) >= 11 is 0. The topological polar surface area (TPSA) is 116 Å². The number of aliphatic carboxylic acids is 1. The first-order valence-corrected chi connectivity index (χ1v) is 13.8. The Kier molecular flexibility index (Phi) is 11.7. The third-order valence-corrected chi connectivity index (χ3v) is 7.58. The van der Waals surface area contributed by atoms with Gasteiger partial charge in [-0.05, 0) is 48.2 Å². The van der Waals surface area contributed by atoms with Crippen LogP contribution in [0.3, 0.4) is 0 Å². The maximum absolute atomic E-state index is 13.6. The van der Waals surface area contributed by atoms with E-state index in [0.717, 1.165) is 11.1 Å². The van der Waals surface area contributed by atoms with Gasteiger partial charge in [0.1, 0.15) is 5.75 Å². The number of amides is 1. The lowest BCUT2D eigenvalue weighted by molar-refractivity contribution is -0.192. The van der Waals surface area contributed by atoms with E-state index in [1.165, 1.54) is 4.31 Å². The molecule has 39 heavy (non-hydrogen) atoms. The number of hydrogen-bond donors (Lipinski definition) is 2. The van der Waals surface area contributed by atoms with Crippen molar-refractivity contribution in [3.8, 4) is 5.75 Å². The summed E-state index contributed by atoms with van der Waals surface area (Å²) in [5.74, 6) is -1.96. The number of nitrogens with zero attached hydrogens (tertiary/aromatic N) is 2. The van der Waals surface area contributed by atoms with E-state index >= 15 is 0 Å². The highest BCUT2D eigenvalue weighted by atomic mass is 32.2. The lowest BCUT2D eigenvalue weighted by Crippen LogP contribution is -2.50. The largest absolute Gasteiger partial charge is 0.494 e. The number of sulfonamides is 1. The first-order valence-electron chi connectivity index (χ1n) is 12.4. The second-order valence-electron chi connectivity index (χ2n) is 9.01. The zero-order valence-electron chi connectivity index (χ0n) is 22.1. The highest BCUT2D eigenvalue weighted by Crippen LogP contribution is 2.23. The Labute approximate surface area is 226 Å².